The van der Waals surface area contributed by atoms with Gasteiger partial charge in [-0.2, -0.15) is 0 Å². The fourth-order valence-corrected chi connectivity index (χ4v) is 1.34. The molecule has 0 saturated carbocycles. The average Bonchev–Trinajstić information content (AvgIpc) is 2.43. The van der Waals surface area contributed by atoms with Crippen molar-refractivity contribution in [1.29, 1.82) is 0 Å². The number of hydrogen-bond donors (Lipinski definition) is 1. The zero-order valence-corrected chi connectivity index (χ0v) is 8.83. The SMILES string of the molecule is CNCCc1nnn(C(C)C)c1C. The van der Waals surface area contributed by atoms with Gasteiger partial charge in [-0.1, -0.05) is 5.21 Å². The predicted molar refractivity (Wildman–Crippen MR) is 52.8 cm³/mol. The second kappa shape index (κ2) is 4.37. The van der Waals surface area contributed by atoms with Gasteiger partial charge in [-0.05, 0) is 27.8 Å². The van der Waals surface area contributed by atoms with Crippen LogP contribution in [0.1, 0.15) is 31.3 Å². The minimum absolute atomic E-state index is 0.399. The lowest BCUT2D eigenvalue weighted by Gasteiger charge is -2.06. The van der Waals surface area contributed by atoms with E-state index in [-0.39, 0.29) is 0 Å². The number of rotatable bonds is 4. The number of likely N-dealkylation sites (N-methyl/N-ethyl adjacent to an activating group) is 1. The first-order valence-electron chi connectivity index (χ1n) is 4.72. The zero-order chi connectivity index (χ0) is 9.84. The van der Waals surface area contributed by atoms with Gasteiger partial charge in [0.15, 0.2) is 0 Å². The molecule has 4 heteroatoms. The van der Waals surface area contributed by atoms with Gasteiger partial charge in [-0.3, -0.25) is 0 Å². The third-order valence-corrected chi connectivity index (χ3v) is 2.12. The van der Waals surface area contributed by atoms with Gasteiger partial charge in [0.2, 0.25) is 0 Å². The van der Waals surface area contributed by atoms with Crippen molar-refractivity contribution in [2.45, 2.75) is 33.2 Å². The molecule has 0 spiro atoms. The lowest BCUT2D eigenvalue weighted by atomic mass is 10.2. The van der Waals surface area contributed by atoms with Crippen LogP contribution in [0.2, 0.25) is 0 Å². The van der Waals surface area contributed by atoms with Crippen molar-refractivity contribution in [3.63, 3.8) is 0 Å². The van der Waals surface area contributed by atoms with Crippen LogP contribution >= 0.6 is 0 Å². The van der Waals surface area contributed by atoms with Gasteiger partial charge in [0.05, 0.1) is 11.4 Å². The predicted octanol–water partition coefficient (Wildman–Crippen LogP) is 0.929. The molecule has 0 bridgehead atoms. The molecule has 0 radical (unpaired) electrons. The molecule has 1 N–H and O–H groups in total. The third-order valence-electron chi connectivity index (χ3n) is 2.12. The van der Waals surface area contributed by atoms with E-state index in [4.69, 9.17) is 0 Å². The molecule has 0 amide bonds. The molecule has 0 aliphatic rings. The van der Waals surface area contributed by atoms with E-state index in [1.54, 1.807) is 0 Å². The average molecular weight is 182 g/mol. The van der Waals surface area contributed by atoms with Crippen LogP contribution in [0.25, 0.3) is 0 Å². The van der Waals surface area contributed by atoms with Gasteiger partial charge < -0.3 is 5.32 Å². The van der Waals surface area contributed by atoms with Crippen LogP contribution < -0.4 is 5.32 Å². The fraction of sp³-hybridized carbons (Fsp3) is 0.778. The molecule has 13 heavy (non-hydrogen) atoms. The van der Waals surface area contributed by atoms with E-state index in [2.05, 4.69) is 36.4 Å². The lowest BCUT2D eigenvalue weighted by Crippen LogP contribution is -2.11. The summed E-state index contributed by atoms with van der Waals surface area (Å²) < 4.78 is 1.96. The summed E-state index contributed by atoms with van der Waals surface area (Å²) in [5.41, 5.74) is 2.29. The molecule has 0 aromatic carbocycles. The number of aromatic nitrogens is 3. The van der Waals surface area contributed by atoms with E-state index in [1.807, 2.05) is 11.7 Å². The number of nitrogens with one attached hydrogen (secondary N) is 1. The van der Waals surface area contributed by atoms with Crippen LogP contribution in [0.4, 0.5) is 0 Å². The van der Waals surface area contributed by atoms with Crippen molar-refractivity contribution >= 4 is 0 Å². The Morgan fingerprint density at radius 1 is 1.46 bits per heavy atom. The minimum atomic E-state index is 0.399. The van der Waals surface area contributed by atoms with E-state index in [0.717, 1.165) is 18.7 Å². The van der Waals surface area contributed by atoms with Crippen molar-refractivity contribution in [1.82, 2.24) is 20.3 Å². The van der Waals surface area contributed by atoms with Gasteiger partial charge in [0.25, 0.3) is 0 Å². The van der Waals surface area contributed by atoms with Crippen molar-refractivity contribution in [2.75, 3.05) is 13.6 Å². The van der Waals surface area contributed by atoms with Crippen LogP contribution in [-0.2, 0) is 6.42 Å². The van der Waals surface area contributed by atoms with E-state index in [9.17, 15) is 0 Å². The summed E-state index contributed by atoms with van der Waals surface area (Å²) in [6.07, 6.45) is 0.953. The Kier molecular flexibility index (Phi) is 3.42. The molecule has 0 fully saturated rings. The smallest absolute Gasteiger partial charge is 0.0869 e. The Hall–Kier alpha value is -0.900. The van der Waals surface area contributed by atoms with Crippen LogP contribution in [-0.4, -0.2) is 28.6 Å². The molecule has 1 aromatic heterocycles. The first kappa shape index (κ1) is 10.2. The van der Waals surface area contributed by atoms with Crippen molar-refractivity contribution in [3.8, 4) is 0 Å². The van der Waals surface area contributed by atoms with Gasteiger partial charge in [0, 0.05) is 19.0 Å². The normalized spacial score (nSPS) is 11.2. The maximum Gasteiger partial charge on any atom is 0.0869 e. The van der Waals surface area contributed by atoms with Gasteiger partial charge in [-0.15, -0.1) is 5.10 Å². The molecule has 0 saturated heterocycles. The molecule has 4 nitrogen and oxygen atoms in total. The summed E-state index contributed by atoms with van der Waals surface area (Å²) in [4.78, 5) is 0. The summed E-state index contributed by atoms with van der Waals surface area (Å²) >= 11 is 0. The molecule has 1 rings (SSSR count). The molecule has 0 atom stereocenters. The molecule has 1 aromatic rings. The molecule has 0 aliphatic carbocycles. The quantitative estimate of drug-likeness (QED) is 0.753. The Bertz CT molecular complexity index is 265. The maximum absolute atomic E-state index is 4.15. The molecule has 74 valence electrons. The zero-order valence-electron chi connectivity index (χ0n) is 8.83. The highest BCUT2D eigenvalue weighted by Crippen LogP contribution is 2.09. The fourth-order valence-electron chi connectivity index (χ4n) is 1.34. The van der Waals surface area contributed by atoms with Crippen LogP contribution in [0.5, 0.6) is 0 Å². The summed E-state index contributed by atoms with van der Waals surface area (Å²) in [6.45, 7) is 7.26. The summed E-state index contributed by atoms with van der Waals surface area (Å²) in [6, 6.07) is 0.399. The monoisotopic (exact) mass is 182 g/mol. The van der Waals surface area contributed by atoms with E-state index >= 15 is 0 Å². The standard InChI is InChI=1S/C9H18N4/c1-7(2)13-8(3)9(11-12-13)5-6-10-4/h7,10H,5-6H2,1-4H3. The van der Waals surface area contributed by atoms with E-state index in [1.165, 1.54) is 5.69 Å². The first-order valence-corrected chi connectivity index (χ1v) is 4.72. The first-order chi connectivity index (χ1) is 6.16. The Balaban J connectivity index is 2.74. The number of nitrogens with zero attached hydrogens (tertiary/aromatic N) is 3. The third kappa shape index (κ3) is 2.28. The van der Waals surface area contributed by atoms with E-state index in [0.29, 0.717) is 6.04 Å². The molecule has 0 unspecified atom stereocenters. The van der Waals surface area contributed by atoms with Crippen LogP contribution in [0, 0.1) is 6.92 Å². The highest BCUT2D eigenvalue weighted by molar-refractivity contribution is 5.08. The molecule has 1 heterocycles. The summed E-state index contributed by atoms with van der Waals surface area (Å²) in [5, 5.41) is 11.4. The summed E-state index contributed by atoms with van der Waals surface area (Å²) in [7, 11) is 1.95. The van der Waals surface area contributed by atoms with Crippen molar-refractivity contribution < 1.29 is 0 Å². The van der Waals surface area contributed by atoms with Crippen molar-refractivity contribution in [2.24, 2.45) is 0 Å². The highest BCUT2D eigenvalue weighted by atomic mass is 15.4. The van der Waals surface area contributed by atoms with Gasteiger partial charge in [0.1, 0.15) is 0 Å². The topological polar surface area (TPSA) is 42.7 Å². The molecular formula is C9H18N4. The molecular weight excluding hydrogens is 164 g/mol. The second-order valence-electron chi connectivity index (χ2n) is 3.51. The Labute approximate surface area is 79.3 Å². The minimum Gasteiger partial charge on any atom is -0.319 e. The second-order valence-corrected chi connectivity index (χ2v) is 3.51. The van der Waals surface area contributed by atoms with Crippen LogP contribution in [0.15, 0.2) is 0 Å². The van der Waals surface area contributed by atoms with Crippen LogP contribution in [0.3, 0.4) is 0 Å². The highest BCUT2D eigenvalue weighted by Gasteiger charge is 2.09. The summed E-state index contributed by atoms with van der Waals surface area (Å²) in [5.74, 6) is 0. The van der Waals surface area contributed by atoms with Crippen molar-refractivity contribution in [3.05, 3.63) is 11.4 Å². The largest absolute Gasteiger partial charge is 0.319 e. The van der Waals surface area contributed by atoms with E-state index < -0.39 is 0 Å². The van der Waals surface area contributed by atoms with Gasteiger partial charge >= 0.3 is 0 Å². The Morgan fingerprint density at radius 2 is 2.15 bits per heavy atom. The lowest BCUT2D eigenvalue weighted by molar-refractivity contribution is 0.502. The Morgan fingerprint density at radius 3 is 2.62 bits per heavy atom. The maximum atomic E-state index is 4.15. The molecule has 0 aliphatic heterocycles. The van der Waals surface area contributed by atoms with Gasteiger partial charge in [-0.25, -0.2) is 4.68 Å². The number of hydrogen-bond acceptors (Lipinski definition) is 3.